The first kappa shape index (κ1) is 29.7. The molecule has 0 bridgehead atoms. The standard InChI is InChI=1S/C29H38ClIN4O4/c1-3-34(4-2)29(36)39-21-38-27-13-11-22-10-12-23(20-25(22)32-27)37-19-6-5-14-33-15-17-35(18-16-33)26-9-7-8-24(31)28(26)30/h7-10,12,20H,3-6,11,13-19,21H2,1-2H3. The van der Waals surface area contributed by atoms with Crippen LogP contribution in [0.4, 0.5) is 16.2 Å². The van der Waals surface area contributed by atoms with Gasteiger partial charge in [0.1, 0.15) is 5.75 Å². The van der Waals surface area contributed by atoms with E-state index in [1.54, 1.807) is 4.90 Å². The molecule has 1 fully saturated rings. The number of unbranched alkanes of at least 4 members (excludes halogenated alkanes) is 1. The molecule has 2 heterocycles. The number of ether oxygens (including phenoxy) is 3. The lowest BCUT2D eigenvalue weighted by Crippen LogP contribution is -2.46. The van der Waals surface area contributed by atoms with E-state index >= 15 is 0 Å². The Morgan fingerprint density at radius 3 is 2.62 bits per heavy atom. The molecule has 0 aromatic heterocycles. The molecule has 4 rings (SSSR count). The van der Waals surface area contributed by atoms with Crippen molar-refractivity contribution in [1.82, 2.24) is 9.80 Å². The maximum atomic E-state index is 12.0. The van der Waals surface area contributed by atoms with Gasteiger partial charge in [-0.2, -0.15) is 0 Å². The van der Waals surface area contributed by atoms with E-state index in [1.165, 1.54) is 5.56 Å². The van der Waals surface area contributed by atoms with Crippen molar-refractivity contribution in [2.24, 2.45) is 4.99 Å². The predicted molar refractivity (Wildman–Crippen MR) is 165 cm³/mol. The van der Waals surface area contributed by atoms with E-state index in [2.05, 4.69) is 55.6 Å². The highest BCUT2D eigenvalue weighted by Crippen LogP contribution is 2.32. The fourth-order valence-corrected chi connectivity index (χ4v) is 5.51. The second-order valence-electron chi connectivity index (χ2n) is 9.60. The van der Waals surface area contributed by atoms with Crippen LogP contribution in [0.15, 0.2) is 41.4 Å². The highest BCUT2D eigenvalue weighted by Gasteiger charge is 2.20. The molecule has 0 spiro atoms. The van der Waals surface area contributed by atoms with Gasteiger partial charge in [-0.25, -0.2) is 9.79 Å². The van der Waals surface area contributed by atoms with Crippen molar-refractivity contribution in [3.05, 3.63) is 50.6 Å². The number of amides is 1. The van der Waals surface area contributed by atoms with Crippen LogP contribution in [0.3, 0.4) is 0 Å². The first-order valence-corrected chi connectivity index (χ1v) is 15.2. The molecular formula is C29H38ClIN4O4. The van der Waals surface area contributed by atoms with E-state index in [1.807, 2.05) is 32.0 Å². The molecule has 8 nitrogen and oxygen atoms in total. The van der Waals surface area contributed by atoms with Crippen LogP contribution in [0.2, 0.25) is 5.02 Å². The Morgan fingerprint density at radius 1 is 1.05 bits per heavy atom. The van der Waals surface area contributed by atoms with Crippen LogP contribution in [-0.2, 0) is 15.9 Å². The molecule has 0 aliphatic carbocycles. The summed E-state index contributed by atoms with van der Waals surface area (Å²) in [4.78, 5) is 23.1. The molecule has 10 heteroatoms. The number of hydrogen-bond acceptors (Lipinski definition) is 7. The summed E-state index contributed by atoms with van der Waals surface area (Å²) in [6, 6.07) is 12.3. The molecule has 2 aliphatic rings. The maximum Gasteiger partial charge on any atom is 0.412 e. The minimum Gasteiger partial charge on any atom is -0.494 e. The number of fused-ring (bicyclic) bond motifs is 1. The van der Waals surface area contributed by atoms with Crippen LogP contribution in [0.1, 0.15) is 38.7 Å². The molecule has 2 aliphatic heterocycles. The van der Waals surface area contributed by atoms with E-state index < -0.39 is 0 Å². The molecule has 0 radical (unpaired) electrons. The lowest BCUT2D eigenvalue weighted by Gasteiger charge is -2.36. The Labute approximate surface area is 250 Å². The number of anilines is 1. The normalized spacial score (nSPS) is 15.4. The van der Waals surface area contributed by atoms with E-state index in [4.69, 9.17) is 25.8 Å². The Morgan fingerprint density at radius 2 is 1.85 bits per heavy atom. The van der Waals surface area contributed by atoms with Crippen LogP contribution in [0.5, 0.6) is 5.75 Å². The van der Waals surface area contributed by atoms with E-state index in [0.29, 0.717) is 32.0 Å². The number of benzene rings is 2. The minimum atomic E-state index is -0.373. The first-order valence-electron chi connectivity index (χ1n) is 13.8. The van der Waals surface area contributed by atoms with Crippen molar-refractivity contribution < 1.29 is 19.0 Å². The minimum absolute atomic E-state index is 0.131. The summed E-state index contributed by atoms with van der Waals surface area (Å²) in [7, 11) is 0. The van der Waals surface area contributed by atoms with Gasteiger partial charge in [0, 0.05) is 55.3 Å². The molecular weight excluding hydrogens is 631 g/mol. The third-order valence-electron chi connectivity index (χ3n) is 7.12. The van der Waals surface area contributed by atoms with Crippen LogP contribution in [0, 0.1) is 3.57 Å². The predicted octanol–water partition coefficient (Wildman–Crippen LogP) is 6.35. The number of carbonyl (C=O) groups excluding carboxylic acids is 1. The lowest BCUT2D eigenvalue weighted by molar-refractivity contribution is 0.0293. The van der Waals surface area contributed by atoms with Crippen molar-refractivity contribution >= 4 is 57.6 Å². The summed E-state index contributed by atoms with van der Waals surface area (Å²) in [5, 5.41) is 0.858. The van der Waals surface area contributed by atoms with E-state index in [-0.39, 0.29) is 12.9 Å². The van der Waals surface area contributed by atoms with Crippen LogP contribution >= 0.6 is 34.2 Å². The quantitative estimate of drug-likeness (QED) is 0.158. The van der Waals surface area contributed by atoms with Crippen LogP contribution in [0.25, 0.3) is 0 Å². The molecule has 2 aromatic carbocycles. The Hall–Kier alpha value is -2.24. The molecule has 0 unspecified atom stereocenters. The monoisotopic (exact) mass is 668 g/mol. The van der Waals surface area contributed by atoms with E-state index in [0.717, 1.165) is 77.7 Å². The van der Waals surface area contributed by atoms with Gasteiger partial charge in [0.15, 0.2) is 5.90 Å². The molecule has 0 saturated carbocycles. The number of aryl methyl sites for hydroxylation is 1. The third-order valence-corrected chi connectivity index (χ3v) is 8.74. The topological polar surface area (TPSA) is 66.8 Å². The third kappa shape index (κ3) is 8.38. The first-order chi connectivity index (χ1) is 19.0. The van der Waals surface area contributed by atoms with Crippen LogP contribution < -0.4 is 9.64 Å². The van der Waals surface area contributed by atoms with Gasteiger partial charge >= 0.3 is 6.09 Å². The number of aliphatic imine (C=N–C) groups is 1. The average Bonchev–Trinajstić information content (AvgIpc) is 2.95. The van der Waals surface area contributed by atoms with Gasteiger partial charge in [0.05, 0.1) is 23.0 Å². The highest BCUT2D eigenvalue weighted by atomic mass is 127. The Bertz CT molecular complexity index is 1140. The Balaban J connectivity index is 1.15. The zero-order valence-electron chi connectivity index (χ0n) is 22.8. The summed E-state index contributed by atoms with van der Waals surface area (Å²) in [5.41, 5.74) is 3.17. The maximum absolute atomic E-state index is 12.0. The van der Waals surface area contributed by atoms with Crippen molar-refractivity contribution in [1.29, 1.82) is 0 Å². The van der Waals surface area contributed by atoms with Gasteiger partial charge in [-0.05, 0) is 86.0 Å². The summed E-state index contributed by atoms with van der Waals surface area (Å²) in [5.74, 6) is 1.39. The van der Waals surface area contributed by atoms with Gasteiger partial charge < -0.3 is 24.0 Å². The number of carbonyl (C=O) groups is 1. The number of rotatable bonds is 11. The zero-order chi connectivity index (χ0) is 27.6. The molecule has 1 saturated heterocycles. The van der Waals surface area contributed by atoms with Crippen molar-refractivity contribution in [2.45, 2.75) is 39.5 Å². The Kier molecular flexibility index (Phi) is 11.4. The molecule has 2 aromatic rings. The lowest BCUT2D eigenvalue weighted by atomic mass is 10.0. The number of halogens is 2. The molecule has 39 heavy (non-hydrogen) atoms. The smallest absolute Gasteiger partial charge is 0.412 e. The summed E-state index contributed by atoms with van der Waals surface area (Å²) < 4.78 is 18.0. The van der Waals surface area contributed by atoms with Crippen molar-refractivity contribution in [3.63, 3.8) is 0 Å². The second kappa shape index (κ2) is 14.9. The average molecular weight is 669 g/mol. The number of piperazine rings is 1. The largest absolute Gasteiger partial charge is 0.494 e. The van der Waals surface area contributed by atoms with Gasteiger partial charge in [-0.1, -0.05) is 23.7 Å². The van der Waals surface area contributed by atoms with Gasteiger partial charge in [0.25, 0.3) is 0 Å². The zero-order valence-corrected chi connectivity index (χ0v) is 25.7. The SMILES string of the molecule is CCN(CC)C(=O)OCOC1=Nc2cc(OCCCCN3CCN(c4cccc(I)c4Cl)CC3)ccc2CC1. The summed E-state index contributed by atoms with van der Waals surface area (Å²) in [6.45, 7) is 10.7. The number of nitrogens with zero attached hydrogens (tertiary/aromatic N) is 4. The van der Waals surface area contributed by atoms with Crippen molar-refractivity contribution in [2.75, 3.05) is 64.1 Å². The highest BCUT2D eigenvalue weighted by molar-refractivity contribution is 14.1. The van der Waals surface area contributed by atoms with Gasteiger partial charge in [-0.15, -0.1) is 0 Å². The molecule has 1 amide bonds. The fraction of sp³-hybridized carbons (Fsp3) is 0.517. The van der Waals surface area contributed by atoms with Gasteiger partial charge in [-0.3, -0.25) is 4.90 Å². The van der Waals surface area contributed by atoms with Gasteiger partial charge in [0.2, 0.25) is 6.79 Å². The summed E-state index contributed by atoms with van der Waals surface area (Å²) in [6.07, 6.45) is 3.23. The molecule has 0 N–H and O–H groups in total. The van der Waals surface area contributed by atoms with E-state index in [9.17, 15) is 4.79 Å². The fourth-order valence-electron chi connectivity index (χ4n) is 4.78. The van der Waals surface area contributed by atoms with Crippen molar-refractivity contribution in [3.8, 4) is 5.75 Å². The van der Waals surface area contributed by atoms with Crippen LogP contribution in [-0.4, -0.2) is 81.0 Å². The second-order valence-corrected chi connectivity index (χ2v) is 11.1. The number of hydrogen-bond donors (Lipinski definition) is 0. The molecule has 212 valence electrons. The summed E-state index contributed by atoms with van der Waals surface area (Å²) >= 11 is 8.81. The molecule has 0 atom stereocenters.